The molecule has 0 heterocycles. The summed E-state index contributed by atoms with van der Waals surface area (Å²) in [5.41, 5.74) is 1.86. The second kappa shape index (κ2) is 6.16. The van der Waals surface area contributed by atoms with Crippen molar-refractivity contribution in [3.8, 4) is 5.75 Å². The van der Waals surface area contributed by atoms with Crippen LogP contribution in [0.4, 0.5) is 5.69 Å². The van der Waals surface area contributed by atoms with Crippen molar-refractivity contribution in [2.75, 3.05) is 5.32 Å². The van der Waals surface area contributed by atoms with Crippen molar-refractivity contribution >= 4 is 34.8 Å². The van der Waals surface area contributed by atoms with Gasteiger partial charge in [-0.3, -0.25) is 4.79 Å². The molecule has 5 heteroatoms. The van der Waals surface area contributed by atoms with E-state index in [4.69, 9.17) is 23.2 Å². The lowest BCUT2D eigenvalue weighted by atomic mass is 10.1. The molecule has 0 fully saturated rings. The van der Waals surface area contributed by atoms with Gasteiger partial charge in [-0.25, -0.2) is 0 Å². The van der Waals surface area contributed by atoms with Crippen molar-refractivity contribution in [2.24, 2.45) is 0 Å². The van der Waals surface area contributed by atoms with Crippen molar-refractivity contribution in [3.63, 3.8) is 0 Å². The van der Waals surface area contributed by atoms with Crippen LogP contribution in [0.15, 0.2) is 36.4 Å². The summed E-state index contributed by atoms with van der Waals surface area (Å²) in [6, 6.07) is 10.2. The zero-order valence-electron chi connectivity index (χ0n) is 10.8. The zero-order valence-corrected chi connectivity index (χ0v) is 12.3. The van der Waals surface area contributed by atoms with Crippen LogP contribution in [-0.2, 0) is 6.42 Å². The van der Waals surface area contributed by atoms with Gasteiger partial charge >= 0.3 is 0 Å². The number of carbonyl (C=O) groups is 1. The van der Waals surface area contributed by atoms with Crippen LogP contribution in [0.1, 0.15) is 22.8 Å². The van der Waals surface area contributed by atoms with Crippen molar-refractivity contribution in [2.45, 2.75) is 13.3 Å². The van der Waals surface area contributed by atoms with E-state index in [1.54, 1.807) is 12.1 Å². The number of phenols is 1. The number of carbonyl (C=O) groups excluding carboxylic acids is 1. The molecule has 0 atom stereocenters. The largest absolute Gasteiger partial charge is 0.506 e. The first-order valence-corrected chi connectivity index (χ1v) is 6.85. The number of nitrogens with one attached hydrogen (secondary N) is 1. The van der Waals surface area contributed by atoms with Crippen molar-refractivity contribution < 1.29 is 9.90 Å². The maximum absolute atomic E-state index is 12.1. The van der Waals surface area contributed by atoms with E-state index < -0.39 is 5.91 Å². The van der Waals surface area contributed by atoms with Gasteiger partial charge in [-0.05, 0) is 36.2 Å². The SMILES string of the molecule is CCc1ccc(NC(=O)c2cc(Cl)cc(Cl)c2O)cc1. The Bertz CT molecular complexity index is 639. The summed E-state index contributed by atoms with van der Waals surface area (Å²) in [6.07, 6.45) is 0.929. The molecule has 0 aromatic heterocycles. The van der Waals surface area contributed by atoms with Gasteiger partial charge in [-0.15, -0.1) is 0 Å². The average molecular weight is 310 g/mol. The van der Waals surface area contributed by atoms with E-state index in [2.05, 4.69) is 12.2 Å². The van der Waals surface area contributed by atoms with Crippen LogP contribution in [0.25, 0.3) is 0 Å². The Labute approximate surface area is 127 Å². The van der Waals surface area contributed by atoms with Crippen LogP contribution in [0.5, 0.6) is 5.75 Å². The fraction of sp³-hybridized carbons (Fsp3) is 0.133. The van der Waals surface area contributed by atoms with E-state index in [0.29, 0.717) is 10.7 Å². The highest BCUT2D eigenvalue weighted by atomic mass is 35.5. The monoisotopic (exact) mass is 309 g/mol. The molecular weight excluding hydrogens is 297 g/mol. The summed E-state index contributed by atoms with van der Waals surface area (Å²) >= 11 is 11.6. The highest BCUT2D eigenvalue weighted by molar-refractivity contribution is 6.36. The van der Waals surface area contributed by atoms with Gasteiger partial charge < -0.3 is 10.4 Å². The van der Waals surface area contributed by atoms with Gasteiger partial charge in [0.2, 0.25) is 0 Å². The summed E-state index contributed by atoms with van der Waals surface area (Å²) < 4.78 is 0. The van der Waals surface area contributed by atoms with Crippen LogP contribution in [-0.4, -0.2) is 11.0 Å². The van der Waals surface area contributed by atoms with Gasteiger partial charge in [0, 0.05) is 10.7 Å². The van der Waals surface area contributed by atoms with Crippen molar-refractivity contribution in [1.82, 2.24) is 0 Å². The molecule has 1 amide bonds. The molecule has 20 heavy (non-hydrogen) atoms. The van der Waals surface area contributed by atoms with Gasteiger partial charge in [0.25, 0.3) is 5.91 Å². The lowest BCUT2D eigenvalue weighted by Gasteiger charge is -2.09. The standard InChI is InChI=1S/C15H13Cl2NO2/c1-2-9-3-5-11(6-4-9)18-15(20)12-7-10(16)8-13(17)14(12)19/h3-8,19H,2H2,1H3,(H,18,20). The maximum Gasteiger partial charge on any atom is 0.259 e. The third-order valence-electron chi connectivity index (χ3n) is 2.89. The fourth-order valence-corrected chi connectivity index (χ4v) is 2.25. The predicted octanol–water partition coefficient (Wildman–Crippen LogP) is 4.51. The smallest absolute Gasteiger partial charge is 0.259 e. The molecule has 0 spiro atoms. The molecule has 0 radical (unpaired) electrons. The van der Waals surface area contributed by atoms with Crippen molar-refractivity contribution in [1.29, 1.82) is 0 Å². The number of amides is 1. The van der Waals surface area contributed by atoms with E-state index in [-0.39, 0.29) is 16.3 Å². The molecule has 2 aromatic rings. The number of phenolic OH excluding ortho intramolecular Hbond substituents is 1. The summed E-state index contributed by atoms with van der Waals surface area (Å²) in [4.78, 5) is 12.1. The third kappa shape index (κ3) is 3.24. The maximum atomic E-state index is 12.1. The number of hydrogen-bond donors (Lipinski definition) is 2. The van der Waals surface area contributed by atoms with Crippen LogP contribution in [0.3, 0.4) is 0 Å². The quantitative estimate of drug-likeness (QED) is 0.876. The summed E-state index contributed by atoms with van der Waals surface area (Å²) in [6.45, 7) is 2.06. The Hall–Kier alpha value is -1.71. The van der Waals surface area contributed by atoms with Gasteiger partial charge in [-0.2, -0.15) is 0 Å². The summed E-state index contributed by atoms with van der Waals surface area (Å²) in [5.74, 6) is -0.741. The fourth-order valence-electron chi connectivity index (χ4n) is 1.76. The van der Waals surface area contributed by atoms with Gasteiger partial charge in [-0.1, -0.05) is 42.3 Å². The molecule has 0 aliphatic heterocycles. The van der Waals surface area contributed by atoms with E-state index in [1.165, 1.54) is 17.7 Å². The van der Waals surface area contributed by atoms with E-state index in [0.717, 1.165) is 6.42 Å². The van der Waals surface area contributed by atoms with Gasteiger partial charge in [0.1, 0.15) is 5.75 Å². The lowest BCUT2D eigenvalue weighted by Crippen LogP contribution is -2.12. The third-order valence-corrected chi connectivity index (χ3v) is 3.40. The first kappa shape index (κ1) is 14.7. The highest BCUT2D eigenvalue weighted by Crippen LogP contribution is 2.31. The normalized spacial score (nSPS) is 10.3. The Morgan fingerprint density at radius 2 is 1.85 bits per heavy atom. The molecule has 0 saturated heterocycles. The molecule has 0 aliphatic rings. The number of hydrogen-bond acceptors (Lipinski definition) is 2. The van der Waals surface area contributed by atoms with Crippen LogP contribution in [0.2, 0.25) is 10.0 Å². The number of aromatic hydroxyl groups is 1. The molecule has 2 N–H and O–H groups in total. The van der Waals surface area contributed by atoms with E-state index in [9.17, 15) is 9.90 Å². The summed E-state index contributed by atoms with van der Waals surface area (Å²) in [7, 11) is 0. The Balaban J connectivity index is 2.23. The molecule has 0 unspecified atom stereocenters. The second-order valence-corrected chi connectivity index (χ2v) is 5.13. The minimum Gasteiger partial charge on any atom is -0.506 e. The molecule has 0 saturated carbocycles. The predicted molar refractivity (Wildman–Crippen MR) is 81.9 cm³/mol. The van der Waals surface area contributed by atoms with Crippen LogP contribution < -0.4 is 5.32 Å². The average Bonchev–Trinajstić information content (AvgIpc) is 2.43. The minimum atomic E-state index is -0.462. The number of benzene rings is 2. The summed E-state index contributed by atoms with van der Waals surface area (Å²) in [5, 5.41) is 12.8. The Morgan fingerprint density at radius 3 is 2.45 bits per heavy atom. The molecule has 0 bridgehead atoms. The van der Waals surface area contributed by atoms with E-state index >= 15 is 0 Å². The molecule has 104 valence electrons. The van der Waals surface area contributed by atoms with Gasteiger partial charge in [0.05, 0.1) is 10.6 Å². The Kier molecular flexibility index (Phi) is 4.53. The van der Waals surface area contributed by atoms with Crippen molar-refractivity contribution in [3.05, 3.63) is 57.6 Å². The number of aryl methyl sites for hydroxylation is 1. The number of anilines is 1. The van der Waals surface area contributed by atoms with Crippen LogP contribution in [0, 0.1) is 0 Å². The van der Waals surface area contributed by atoms with Crippen LogP contribution >= 0.6 is 23.2 Å². The first-order valence-electron chi connectivity index (χ1n) is 6.09. The molecule has 2 aromatic carbocycles. The molecule has 0 aliphatic carbocycles. The number of halogens is 2. The first-order chi connectivity index (χ1) is 9.51. The zero-order chi connectivity index (χ0) is 14.7. The Morgan fingerprint density at radius 1 is 1.20 bits per heavy atom. The number of rotatable bonds is 3. The second-order valence-electron chi connectivity index (χ2n) is 4.29. The van der Waals surface area contributed by atoms with E-state index in [1.807, 2.05) is 12.1 Å². The molecule has 2 rings (SSSR count). The van der Waals surface area contributed by atoms with Gasteiger partial charge in [0.15, 0.2) is 0 Å². The molecule has 3 nitrogen and oxygen atoms in total. The highest BCUT2D eigenvalue weighted by Gasteiger charge is 2.15. The minimum absolute atomic E-state index is 0.0436. The molecular formula is C15H13Cl2NO2. The topological polar surface area (TPSA) is 49.3 Å². The lowest BCUT2D eigenvalue weighted by molar-refractivity contribution is 0.102.